The van der Waals surface area contributed by atoms with Gasteiger partial charge >= 0.3 is 0 Å². The smallest absolute Gasteiger partial charge is 0.274 e. The molecule has 0 aliphatic carbocycles. The summed E-state index contributed by atoms with van der Waals surface area (Å²) in [5.74, 6) is -0.385. The third-order valence-corrected chi connectivity index (χ3v) is 3.24. The summed E-state index contributed by atoms with van der Waals surface area (Å²) in [5.41, 5.74) is 6.75. The normalized spacial score (nSPS) is 10.1. The van der Waals surface area contributed by atoms with Crippen LogP contribution < -0.4 is 11.1 Å². The maximum atomic E-state index is 12.0. The monoisotopic (exact) mass is 325 g/mol. The van der Waals surface area contributed by atoms with Gasteiger partial charge in [-0.25, -0.2) is 0 Å². The predicted molar refractivity (Wildman–Crippen MR) is 84.5 cm³/mol. The molecule has 0 unspecified atom stereocenters. The van der Waals surface area contributed by atoms with Gasteiger partial charge < -0.3 is 11.1 Å². The lowest BCUT2D eigenvalue weighted by atomic mass is 10.2. The van der Waals surface area contributed by atoms with Gasteiger partial charge in [0, 0.05) is 16.8 Å². The number of carbonyl (C=O) groups is 1. The molecule has 0 radical (unpaired) electrons. The zero-order valence-electron chi connectivity index (χ0n) is 10.1. The van der Waals surface area contributed by atoms with E-state index in [0.29, 0.717) is 21.3 Å². The van der Waals surface area contributed by atoms with E-state index in [4.69, 9.17) is 41.2 Å². The van der Waals surface area contributed by atoms with Gasteiger partial charge in [0.1, 0.15) is 10.7 Å². The van der Waals surface area contributed by atoms with Gasteiger partial charge in [-0.2, -0.15) is 0 Å². The third-order valence-electron chi connectivity index (χ3n) is 2.46. The lowest BCUT2D eigenvalue weighted by Gasteiger charge is -2.07. The van der Waals surface area contributed by atoms with Crippen molar-refractivity contribution in [3.63, 3.8) is 0 Å². The maximum absolute atomic E-state index is 12.0. The number of aromatic nitrogens is 1. The molecule has 0 aliphatic rings. The molecule has 4 nitrogen and oxygen atoms in total. The highest BCUT2D eigenvalue weighted by molar-refractivity contribution is 7.80. The molecule has 1 heterocycles. The summed E-state index contributed by atoms with van der Waals surface area (Å²) in [4.78, 5) is 16.2. The van der Waals surface area contributed by atoms with E-state index >= 15 is 0 Å². The minimum Gasteiger partial charge on any atom is -0.389 e. The molecule has 2 aromatic rings. The van der Waals surface area contributed by atoms with E-state index in [1.807, 2.05) is 0 Å². The number of pyridine rings is 1. The Morgan fingerprint density at radius 1 is 1.25 bits per heavy atom. The molecule has 1 amide bonds. The van der Waals surface area contributed by atoms with E-state index in [1.54, 1.807) is 24.3 Å². The number of thiocarbonyl (C=S) groups is 1. The standard InChI is InChI=1S/C13H9Cl2N3OS/c14-8-2-4-10(9(15)5-8)18-13(19)11-3-1-7(6-17-11)12(16)20/h1-6H,(H2,16,20)(H,18,19). The van der Waals surface area contributed by atoms with Gasteiger partial charge in [0.25, 0.3) is 5.91 Å². The van der Waals surface area contributed by atoms with Gasteiger partial charge in [-0.15, -0.1) is 0 Å². The molecule has 1 aromatic heterocycles. The van der Waals surface area contributed by atoms with Crippen LogP contribution in [0.15, 0.2) is 36.5 Å². The topological polar surface area (TPSA) is 68.0 Å². The second-order valence-electron chi connectivity index (χ2n) is 3.87. The van der Waals surface area contributed by atoms with E-state index < -0.39 is 0 Å². The predicted octanol–water partition coefficient (Wildman–Crippen LogP) is 3.27. The van der Waals surface area contributed by atoms with Crippen molar-refractivity contribution in [2.24, 2.45) is 5.73 Å². The molecule has 0 spiro atoms. The second kappa shape index (κ2) is 6.17. The number of nitrogens with zero attached hydrogens (tertiary/aromatic N) is 1. The first-order chi connectivity index (χ1) is 9.47. The molecule has 0 bridgehead atoms. The fourth-order valence-corrected chi connectivity index (χ4v) is 2.03. The highest BCUT2D eigenvalue weighted by atomic mass is 35.5. The average Bonchev–Trinajstić information content (AvgIpc) is 2.42. The van der Waals surface area contributed by atoms with Crippen LogP contribution in [0.2, 0.25) is 10.0 Å². The molecule has 0 saturated heterocycles. The summed E-state index contributed by atoms with van der Waals surface area (Å²) in [6.45, 7) is 0. The summed E-state index contributed by atoms with van der Waals surface area (Å²) < 4.78 is 0. The Balaban J connectivity index is 2.17. The van der Waals surface area contributed by atoms with Crippen LogP contribution in [0, 0.1) is 0 Å². The van der Waals surface area contributed by atoms with Crippen LogP contribution in [0.4, 0.5) is 5.69 Å². The lowest BCUT2D eigenvalue weighted by Crippen LogP contribution is -2.15. The number of hydrogen-bond acceptors (Lipinski definition) is 3. The molecule has 20 heavy (non-hydrogen) atoms. The van der Waals surface area contributed by atoms with Gasteiger partial charge in [0.2, 0.25) is 0 Å². The Morgan fingerprint density at radius 3 is 2.55 bits per heavy atom. The van der Waals surface area contributed by atoms with E-state index in [2.05, 4.69) is 10.3 Å². The first-order valence-corrected chi connectivity index (χ1v) is 6.66. The Morgan fingerprint density at radius 2 is 2.00 bits per heavy atom. The zero-order valence-corrected chi connectivity index (χ0v) is 12.4. The second-order valence-corrected chi connectivity index (χ2v) is 5.16. The number of halogens is 2. The summed E-state index contributed by atoms with van der Waals surface area (Å²) in [6.07, 6.45) is 1.45. The molecule has 3 N–H and O–H groups in total. The summed E-state index contributed by atoms with van der Waals surface area (Å²) in [5, 5.41) is 3.49. The number of anilines is 1. The first kappa shape index (κ1) is 14.7. The minimum atomic E-state index is -0.385. The molecular weight excluding hydrogens is 317 g/mol. The van der Waals surface area contributed by atoms with Crippen LogP contribution >= 0.6 is 35.4 Å². The molecule has 1 aromatic carbocycles. The summed E-state index contributed by atoms with van der Waals surface area (Å²) >= 11 is 16.6. The van der Waals surface area contributed by atoms with Crippen molar-refractivity contribution < 1.29 is 4.79 Å². The van der Waals surface area contributed by atoms with Crippen LogP contribution in [-0.2, 0) is 0 Å². The fourth-order valence-electron chi connectivity index (χ4n) is 1.45. The Kier molecular flexibility index (Phi) is 4.54. The fraction of sp³-hybridized carbons (Fsp3) is 0. The van der Waals surface area contributed by atoms with Crippen molar-refractivity contribution in [2.75, 3.05) is 5.32 Å². The van der Waals surface area contributed by atoms with Crippen LogP contribution in [0.1, 0.15) is 16.1 Å². The van der Waals surface area contributed by atoms with Crippen molar-refractivity contribution in [2.45, 2.75) is 0 Å². The van der Waals surface area contributed by atoms with Crippen molar-refractivity contribution in [3.8, 4) is 0 Å². The number of carbonyl (C=O) groups excluding carboxylic acids is 1. The number of nitrogens with two attached hydrogens (primary N) is 1. The van der Waals surface area contributed by atoms with Gasteiger partial charge in [-0.3, -0.25) is 9.78 Å². The molecular formula is C13H9Cl2N3OS. The molecule has 0 fully saturated rings. The van der Waals surface area contributed by atoms with Gasteiger partial charge in [-0.1, -0.05) is 35.4 Å². The SMILES string of the molecule is NC(=S)c1ccc(C(=O)Nc2ccc(Cl)cc2Cl)nc1. The first-order valence-electron chi connectivity index (χ1n) is 5.49. The number of rotatable bonds is 3. The zero-order chi connectivity index (χ0) is 14.7. The van der Waals surface area contributed by atoms with Crippen LogP contribution in [0.3, 0.4) is 0 Å². The Hall–Kier alpha value is -1.69. The molecule has 2 rings (SSSR count). The number of hydrogen-bond donors (Lipinski definition) is 2. The van der Waals surface area contributed by atoms with Crippen molar-refractivity contribution in [1.82, 2.24) is 4.98 Å². The number of amides is 1. The van der Waals surface area contributed by atoms with Gasteiger partial charge in [-0.05, 0) is 30.3 Å². The lowest BCUT2D eigenvalue weighted by molar-refractivity contribution is 0.102. The van der Waals surface area contributed by atoms with E-state index in [1.165, 1.54) is 12.3 Å². The quantitative estimate of drug-likeness (QED) is 0.850. The van der Waals surface area contributed by atoms with Crippen LogP contribution in [0.25, 0.3) is 0 Å². The van der Waals surface area contributed by atoms with Crippen molar-refractivity contribution in [3.05, 3.63) is 57.8 Å². The van der Waals surface area contributed by atoms with Crippen molar-refractivity contribution in [1.29, 1.82) is 0 Å². The highest BCUT2D eigenvalue weighted by Crippen LogP contribution is 2.25. The maximum Gasteiger partial charge on any atom is 0.274 e. The largest absolute Gasteiger partial charge is 0.389 e. The van der Waals surface area contributed by atoms with Crippen LogP contribution in [0.5, 0.6) is 0 Å². The molecule has 7 heteroatoms. The number of nitrogens with one attached hydrogen (secondary N) is 1. The van der Waals surface area contributed by atoms with E-state index in [-0.39, 0.29) is 16.6 Å². The molecule has 102 valence electrons. The summed E-state index contributed by atoms with van der Waals surface area (Å²) in [6, 6.07) is 7.96. The molecule has 0 atom stereocenters. The molecule has 0 saturated carbocycles. The summed E-state index contributed by atoms with van der Waals surface area (Å²) in [7, 11) is 0. The van der Waals surface area contributed by atoms with Gasteiger partial charge in [0.05, 0.1) is 10.7 Å². The van der Waals surface area contributed by atoms with Crippen molar-refractivity contribution >= 4 is 52.0 Å². The average molecular weight is 326 g/mol. The van der Waals surface area contributed by atoms with Crippen LogP contribution in [-0.4, -0.2) is 15.9 Å². The minimum absolute atomic E-state index is 0.227. The number of benzene rings is 1. The van der Waals surface area contributed by atoms with E-state index in [9.17, 15) is 4.79 Å². The Bertz CT molecular complexity index is 674. The Labute approximate surface area is 130 Å². The third kappa shape index (κ3) is 3.45. The highest BCUT2D eigenvalue weighted by Gasteiger charge is 2.10. The molecule has 0 aliphatic heterocycles. The van der Waals surface area contributed by atoms with E-state index in [0.717, 1.165) is 0 Å². The van der Waals surface area contributed by atoms with Gasteiger partial charge in [0.15, 0.2) is 0 Å².